The summed E-state index contributed by atoms with van der Waals surface area (Å²) in [7, 11) is 0. The summed E-state index contributed by atoms with van der Waals surface area (Å²) in [6.07, 6.45) is 9.33. The molecule has 3 aliphatic rings. The van der Waals surface area contributed by atoms with Gasteiger partial charge in [-0.25, -0.2) is 0 Å². The SMILES string of the molecule is NC(=O)C1CCN(C(=O)CN2CCC[C@@H]3CCCC[C@H]32)CC1. The molecule has 0 radical (unpaired) electrons. The van der Waals surface area contributed by atoms with Crippen molar-refractivity contribution < 1.29 is 9.59 Å². The van der Waals surface area contributed by atoms with Gasteiger partial charge in [0.1, 0.15) is 0 Å². The number of carbonyl (C=O) groups excluding carboxylic acids is 2. The van der Waals surface area contributed by atoms with E-state index < -0.39 is 0 Å². The number of rotatable bonds is 3. The Bertz CT molecular complexity index is 416. The topological polar surface area (TPSA) is 66.6 Å². The minimum Gasteiger partial charge on any atom is -0.369 e. The molecule has 2 aliphatic heterocycles. The van der Waals surface area contributed by atoms with Gasteiger partial charge in [0, 0.05) is 25.0 Å². The summed E-state index contributed by atoms with van der Waals surface area (Å²) in [6, 6.07) is 0.634. The molecule has 1 saturated carbocycles. The Hall–Kier alpha value is -1.10. The second-order valence-corrected chi connectivity index (χ2v) is 7.28. The lowest BCUT2D eigenvalue weighted by molar-refractivity contribution is -0.137. The van der Waals surface area contributed by atoms with E-state index >= 15 is 0 Å². The zero-order valence-corrected chi connectivity index (χ0v) is 13.5. The fourth-order valence-corrected chi connectivity index (χ4v) is 4.61. The van der Waals surface area contributed by atoms with Crippen LogP contribution in [0.3, 0.4) is 0 Å². The quantitative estimate of drug-likeness (QED) is 0.856. The Labute approximate surface area is 133 Å². The molecule has 2 N–H and O–H groups in total. The van der Waals surface area contributed by atoms with E-state index in [4.69, 9.17) is 5.73 Å². The van der Waals surface area contributed by atoms with Gasteiger partial charge >= 0.3 is 0 Å². The third-order valence-electron chi connectivity index (χ3n) is 5.95. The van der Waals surface area contributed by atoms with Gasteiger partial charge in [-0.2, -0.15) is 0 Å². The average molecular weight is 307 g/mol. The number of fused-ring (bicyclic) bond motifs is 1. The van der Waals surface area contributed by atoms with E-state index in [1.54, 1.807) is 0 Å². The fourth-order valence-electron chi connectivity index (χ4n) is 4.61. The van der Waals surface area contributed by atoms with E-state index in [1.807, 2.05) is 4.90 Å². The summed E-state index contributed by atoms with van der Waals surface area (Å²) in [5.74, 6) is 0.806. The van der Waals surface area contributed by atoms with E-state index in [1.165, 1.54) is 38.5 Å². The van der Waals surface area contributed by atoms with E-state index in [0.29, 0.717) is 25.7 Å². The number of amides is 2. The third kappa shape index (κ3) is 3.45. The molecular formula is C17H29N3O2. The molecular weight excluding hydrogens is 278 g/mol. The van der Waals surface area contributed by atoms with Crippen molar-refractivity contribution in [3.05, 3.63) is 0 Å². The molecule has 5 nitrogen and oxygen atoms in total. The van der Waals surface area contributed by atoms with E-state index in [0.717, 1.165) is 25.3 Å². The molecule has 2 saturated heterocycles. The van der Waals surface area contributed by atoms with Crippen LogP contribution in [0.2, 0.25) is 0 Å². The van der Waals surface area contributed by atoms with Crippen molar-refractivity contribution >= 4 is 11.8 Å². The van der Waals surface area contributed by atoms with Gasteiger partial charge in [0.2, 0.25) is 11.8 Å². The van der Waals surface area contributed by atoms with Gasteiger partial charge in [-0.05, 0) is 51.0 Å². The van der Waals surface area contributed by atoms with E-state index in [-0.39, 0.29) is 17.7 Å². The van der Waals surface area contributed by atoms with Gasteiger partial charge in [-0.3, -0.25) is 14.5 Å². The maximum Gasteiger partial charge on any atom is 0.236 e. The molecule has 124 valence electrons. The smallest absolute Gasteiger partial charge is 0.236 e. The van der Waals surface area contributed by atoms with E-state index in [2.05, 4.69) is 4.90 Å². The first-order valence-electron chi connectivity index (χ1n) is 8.96. The first kappa shape index (κ1) is 15.8. The van der Waals surface area contributed by atoms with Crippen LogP contribution in [-0.2, 0) is 9.59 Å². The Morgan fingerprint density at radius 2 is 1.59 bits per heavy atom. The van der Waals surface area contributed by atoms with Crippen molar-refractivity contribution in [1.29, 1.82) is 0 Å². The van der Waals surface area contributed by atoms with Crippen LogP contribution in [0.5, 0.6) is 0 Å². The number of primary amides is 1. The summed E-state index contributed by atoms with van der Waals surface area (Å²) >= 11 is 0. The summed E-state index contributed by atoms with van der Waals surface area (Å²) in [4.78, 5) is 28.2. The predicted molar refractivity (Wildman–Crippen MR) is 85.1 cm³/mol. The van der Waals surface area contributed by atoms with Crippen LogP contribution >= 0.6 is 0 Å². The van der Waals surface area contributed by atoms with Crippen molar-refractivity contribution in [2.45, 2.75) is 57.4 Å². The monoisotopic (exact) mass is 307 g/mol. The summed E-state index contributed by atoms with van der Waals surface area (Å²) in [6.45, 7) is 3.02. The Kier molecular flexibility index (Phi) is 5.01. The van der Waals surface area contributed by atoms with Gasteiger partial charge in [-0.1, -0.05) is 12.8 Å². The number of piperidine rings is 2. The molecule has 2 amide bonds. The molecule has 22 heavy (non-hydrogen) atoms. The highest BCUT2D eigenvalue weighted by molar-refractivity contribution is 5.80. The highest BCUT2D eigenvalue weighted by Gasteiger charge is 2.35. The molecule has 3 rings (SSSR count). The highest BCUT2D eigenvalue weighted by Crippen LogP contribution is 2.35. The van der Waals surface area contributed by atoms with Crippen LogP contribution < -0.4 is 5.73 Å². The van der Waals surface area contributed by atoms with Gasteiger partial charge in [0.05, 0.1) is 6.54 Å². The zero-order valence-electron chi connectivity index (χ0n) is 13.5. The van der Waals surface area contributed by atoms with Crippen molar-refractivity contribution in [1.82, 2.24) is 9.80 Å². The minimum absolute atomic E-state index is 0.0400. The Morgan fingerprint density at radius 3 is 2.32 bits per heavy atom. The highest BCUT2D eigenvalue weighted by atomic mass is 16.2. The lowest BCUT2D eigenvalue weighted by atomic mass is 9.78. The van der Waals surface area contributed by atoms with Gasteiger partial charge < -0.3 is 10.6 Å². The molecule has 0 unspecified atom stereocenters. The zero-order chi connectivity index (χ0) is 15.5. The molecule has 0 bridgehead atoms. The molecule has 0 aromatic carbocycles. The van der Waals surface area contributed by atoms with E-state index in [9.17, 15) is 9.59 Å². The Balaban J connectivity index is 1.52. The van der Waals surface area contributed by atoms with Crippen molar-refractivity contribution in [3.63, 3.8) is 0 Å². The first-order chi connectivity index (χ1) is 10.6. The predicted octanol–water partition coefficient (Wildman–Crippen LogP) is 1.36. The fraction of sp³-hybridized carbons (Fsp3) is 0.882. The maximum atomic E-state index is 12.6. The molecule has 0 aromatic rings. The van der Waals surface area contributed by atoms with Gasteiger partial charge in [0.15, 0.2) is 0 Å². The number of nitrogens with two attached hydrogens (primary N) is 1. The molecule has 0 aromatic heterocycles. The van der Waals surface area contributed by atoms with Crippen LogP contribution in [0, 0.1) is 11.8 Å². The summed E-state index contributed by atoms with van der Waals surface area (Å²) in [5.41, 5.74) is 5.36. The third-order valence-corrected chi connectivity index (χ3v) is 5.95. The van der Waals surface area contributed by atoms with Crippen molar-refractivity contribution in [2.75, 3.05) is 26.2 Å². The molecule has 5 heteroatoms. The number of hydrogen-bond donors (Lipinski definition) is 1. The lowest BCUT2D eigenvalue weighted by Crippen LogP contribution is -2.52. The largest absolute Gasteiger partial charge is 0.369 e. The summed E-state index contributed by atoms with van der Waals surface area (Å²) in [5, 5.41) is 0. The second-order valence-electron chi connectivity index (χ2n) is 7.28. The molecule has 2 atom stereocenters. The van der Waals surface area contributed by atoms with Crippen molar-refractivity contribution in [2.24, 2.45) is 17.6 Å². The second kappa shape index (κ2) is 6.99. The van der Waals surface area contributed by atoms with Crippen LogP contribution in [0.1, 0.15) is 51.4 Å². The number of nitrogens with zero attached hydrogens (tertiary/aromatic N) is 2. The van der Waals surface area contributed by atoms with Crippen LogP contribution in [0.15, 0.2) is 0 Å². The molecule has 1 aliphatic carbocycles. The number of carbonyl (C=O) groups is 2. The molecule has 0 spiro atoms. The standard InChI is InChI=1S/C17H29N3O2/c18-17(22)14-7-10-19(11-8-14)16(21)12-20-9-3-5-13-4-1-2-6-15(13)20/h13-15H,1-12H2,(H2,18,22)/t13-,15+/m0/s1. The van der Waals surface area contributed by atoms with Crippen LogP contribution in [0.25, 0.3) is 0 Å². The summed E-state index contributed by atoms with van der Waals surface area (Å²) < 4.78 is 0. The minimum atomic E-state index is -0.215. The van der Waals surface area contributed by atoms with Gasteiger partial charge in [-0.15, -0.1) is 0 Å². The first-order valence-corrected chi connectivity index (χ1v) is 8.96. The number of likely N-dealkylation sites (tertiary alicyclic amines) is 2. The molecule has 2 heterocycles. The van der Waals surface area contributed by atoms with Gasteiger partial charge in [0.25, 0.3) is 0 Å². The Morgan fingerprint density at radius 1 is 0.909 bits per heavy atom. The average Bonchev–Trinajstić information content (AvgIpc) is 2.55. The maximum absolute atomic E-state index is 12.6. The van der Waals surface area contributed by atoms with Crippen LogP contribution in [-0.4, -0.2) is 53.8 Å². The normalized spacial score (nSPS) is 30.8. The molecule has 3 fully saturated rings. The van der Waals surface area contributed by atoms with Crippen LogP contribution in [0.4, 0.5) is 0 Å². The number of hydrogen-bond acceptors (Lipinski definition) is 3. The van der Waals surface area contributed by atoms with Crippen molar-refractivity contribution in [3.8, 4) is 0 Å². The lowest BCUT2D eigenvalue weighted by Gasteiger charge is -2.44.